The third-order valence-corrected chi connectivity index (χ3v) is 3.80. The highest BCUT2D eigenvalue weighted by Crippen LogP contribution is 2.10. The first-order valence-electron chi connectivity index (χ1n) is 7.79. The minimum atomic E-state index is -0.144. The molecule has 3 heteroatoms. The molecule has 22 heavy (non-hydrogen) atoms. The summed E-state index contributed by atoms with van der Waals surface area (Å²) >= 11 is 0. The first-order valence-corrected chi connectivity index (χ1v) is 7.79. The molecule has 0 spiro atoms. The highest BCUT2D eigenvalue weighted by molar-refractivity contribution is 6.85. The standard InChI is InChI=1S/C19H22BFO/c1-3-4-5-8-14-20(18-12-6-7-13-19(18)21)16-10-9-11-17(15-16)22-2/h4-7,9-13,15H,3,8,14H2,1-2H3. The number of ether oxygens (including phenoxy) is 1. The fourth-order valence-electron chi connectivity index (χ4n) is 2.67. The summed E-state index contributed by atoms with van der Waals surface area (Å²) in [5, 5.41) is 0. The maximum atomic E-state index is 14.2. The van der Waals surface area contributed by atoms with Gasteiger partial charge < -0.3 is 4.74 Å². The summed E-state index contributed by atoms with van der Waals surface area (Å²) in [4.78, 5) is 0. The van der Waals surface area contributed by atoms with E-state index in [1.165, 1.54) is 6.07 Å². The summed E-state index contributed by atoms with van der Waals surface area (Å²) in [5.41, 5.74) is 1.84. The minimum Gasteiger partial charge on any atom is -0.497 e. The Morgan fingerprint density at radius 2 is 1.91 bits per heavy atom. The van der Waals surface area contributed by atoms with Crippen LogP contribution in [-0.2, 0) is 0 Å². The average Bonchev–Trinajstić information content (AvgIpc) is 2.56. The van der Waals surface area contributed by atoms with Gasteiger partial charge in [-0.05, 0) is 36.5 Å². The number of rotatable bonds is 7. The van der Waals surface area contributed by atoms with Gasteiger partial charge in [0.25, 0.3) is 0 Å². The van der Waals surface area contributed by atoms with Gasteiger partial charge >= 0.3 is 0 Å². The molecule has 0 amide bonds. The van der Waals surface area contributed by atoms with Crippen LogP contribution in [0.25, 0.3) is 0 Å². The Balaban J connectivity index is 2.32. The molecule has 0 aliphatic heterocycles. The van der Waals surface area contributed by atoms with E-state index >= 15 is 0 Å². The molecule has 2 rings (SSSR count). The van der Waals surface area contributed by atoms with Gasteiger partial charge in [0.05, 0.1) is 7.11 Å². The molecule has 0 unspecified atom stereocenters. The topological polar surface area (TPSA) is 9.23 Å². The second kappa shape index (κ2) is 8.43. The molecule has 0 heterocycles. The maximum absolute atomic E-state index is 14.2. The van der Waals surface area contributed by atoms with Gasteiger partial charge in [-0.3, -0.25) is 0 Å². The first kappa shape index (κ1) is 16.3. The zero-order chi connectivity index (χ0) is 15.8. The molecule has 0 radical (unpaired) electrons. The van der Waals surface area contributed by atoms with Crippen molar-refractivity contribution in [1.82, 2.24) is 0 Å². The van der Waals surface area contributed by atoms with E-state index < -0.39 is 0 Å². The van der Waals surface area contributed by atoms with E-state index in [9.17, 15) is 4.39 Å². The highest BCUT2D eigenvalue weighted by Gasteiger charge is 2.21. The molecule has 1 nitrogen and oxygen atoms in total. The van der Waals surface area contributed by atoms with Crippen LogP contribution in [0.15, 0.2) is 60.7 Å². The largest absolute Gasteiger partial charge is 0.497 e. The van der Waals surface area contributed by atoms with Crippen molar-refractivity contribution < 1.29 is 9.13 Å². The lowest BCUT2D eigenvalue weighted by Gasteiger charge is -2.15. The van der Waals surface area contributed by atoms with Gasteiger partial charge in [0.15, 0.2) is 0 Å². The van der Waals surface area contributed by atoms with Crippen LogP contribution in [0.2, 0.25) is 6.32 Å². The molecular weight excluding hydrogens is 274 g/mol. The summed E-state index contributed by atoms with van der Waals surface area (Å²) in [7, 11) is 1.65. The van der Waals surface area contributed by atoms with E-state index in [4.69, 9.17) is 4.74 Å². The predicted octanol–water partition coefficient (Wildman–Crippen LogP) is 3.80. The first-order chi connectivity index (χ1) is 10.8. The van der Waals surface area contributed by atoms with Crippen LogP contribution in [0.1, 0.15) is 19.8 Å². The number of allylic oxidation sites excluding steroid dienone is 2. The smallest absolute Gasteiger partial charge is 0.213 e. The van der Waals surface area contributed by atoms with Gasteiger partial charge in [0.1, 0.15) is 11.6 Å². The fourth-order valence-corrected chi connectivity index (χ4v) is 2.67. The third-order valence-electron chi connectivity index (χ3n) is 3.80. The second-order valence-corrected chi connectivity index (χ2v) is 5.31. The van der Waals surface area contributed by atoms with Gasteiger partial charge in [-0.25, -0.2) is 4.39 Å². The zero-order valence-electron chi connectivity index (χ0n) is 13.3. The SMILES string of the molecule is CCC=CCCB(c1cccc(OC)c1)c1ccccc1F. The van der Waals surface area contributed by atoms with Gasteiger partial charge in [0.2, 0.25) is 6.71 Å². The van der Waals surface area contributed by atoms with Crippen molar-refractivity contribution in [3.63, 3.8) is 0 Å². The van der Waals surface area contributed by atoms with E-state index in [0.29, 0.717) is 0 Å². The van der Waals surface area contributed by atoms with Crippen LogP contribution in [0.5, 0.6) is 5.75 Å². The van der Waals surface area contributed by atoms with E-state index in [-0.39, 0.29) is 12.5 Å². The summed E-state index contributed by atoms with van der Waals surface area (Å²) in [6.07, 6.45) is 7.18. The minimum absolute atomic E-state index is 0.0396. The van der Waals surface area contributed by atoms with Crippen LogP contribution < -0.4 is 15.7 Å². The Labute approximate surface area is 132 Å². The zero-order valence-corrected chi connectivity index (χ0v) is 13.3. The van der Waals surface area contributed by atoms with Crippen LogP contribution >= 0.6 is 0 Å². The molecule has 0 saturated carbocycles. The predicted molar refractivity (Wildman–Crippen MR) is 93.3 cm³/mol. The van der Waals surface area contributed by atoms with Gasteiger partial charge in [-0.2, -0.15) is 0 Å². The number of hydrogen-bond acceptors (Lipinski definition) is 1. The number of halogens is 1. The molecule has 0 aromatic heterocycles. The number of methoxy groups -OCH3 is 1. The lowest BCUT2D eigenvalue weighted by atomic mass is 9.38. The fraction of sp³-hybridized carbons (Fsp3) is 0.263. The number of benzene rings is 2. The summed E-state index contributed by atoms with van der Waals surface area (Å²) < 4.78 is 19.5. The van der Waals surface area contributed by atoms with Crippen LogP contribution in [-0.4, -0.2) is 13.8 Å². The van der Waals surface area contributed by atoms with E-state index in [1.807, 2.05) is 36.4 Å². The molecule has 114 valence electrons. The van der Waals surface area contributed by atoms with Crippen molar-refractivity contribution in [2.24, 2.45) is 0 Å². The van der Waals surface area contributed by atoms with Crippen LogP contribution in [0.4, 0.5) is 4.39 Å². The molecule has 2 aromatic rings. The Kier molecular flexibility index (Phi) is 6.26. The number of hydrogen-bond donors (Lipinski definition) is 0. The molecule has 0 bridgehead atoms. The van der Waals surface area contributed by atoms with Crippen molar-refractivity contribution in [2.75, 3.05) is 7.11 Å². The Bertz CT molecular complexity index is 624. The highest BCUT2D eigenvalue weighted by atomic mass is 19.1. The Hall–Kier alpha value is -2.03. The molecule has 0 aliphatic rings. The van der Waals surface area contributed by atoms with Crippen molar-refractivity contribution in [3.05, 3.63) is 66.5 Å². The molecule has 2 aromatic carbocycles. The normalized spacial score (nSPS) is 10.9. The molecule has 0 aliphatic carbocycles. The average molecular weight is 296 g/mol. The quantitative estimate of drug-likeness (QED) is 0.558. The summed E-state index contributed by atoms with van der Waals surface area (Å²) in [6.45, 7) is 2.16. The molecule has 0 saturated heterocycles. The Morgan fingerprint density at radius 1 is 1.09 bits per heavy atom. The van der Waals surface area contributed by atoms with E-state index in [2.05, 4.69) is 19.1 Å². The monoisotopic (exact) mass is 296 g/mol. The summed E-state index contributed by atoms with van der Waals surface area (Å²) in [5.74, 6) is 0.665. The maximum Gasteiger partial charge on any atom is 0.213 e. The van der Waals surface area contributed by atoms with E-state index in [0.717, 1.165) is 35.8 Å². The molecule has 0 fully saturated rings. The lowest BCUT2D eigenvalue weighted by Crippen LogP contribution is -2.43. The van der Waals surface area contributed by atoms with Gasteiger partial charge in [-0.15, -0.1) is 0 Å². The molecular formula is C19H22BFO. The van der Waals surface area contributed by atoms with Crippen molar-refractivity contribution in [3.8, 4) is 5.75 Å². The van der Waals surface area contributed by atoms with Crippen molar-refractivity contribution in [1.29, 1.82) is 0 Å². The third kappa shape index (κ3) is 4.23. The van der Waals surface area contributed by atoms with Gasteiger partial charge in [-0.1, -0.05) is 61.2 Å². The Morgan fingerprint density at radius 3 is 2.64 bits per heavy atom. The van der Waals surface area contributed by atoms with Crippen molar-refractivity contribution >= 4 is 17.6 Å². The summed E-state index contributed by atoms with van der Waals surface area (Å²) in [6, 6.07) is 15.0. The van der Waals surface area contributed by atoms with Gasteiger partial charge in [0, 0.05) is 0 Å². The lowest BCUT2D eigenvalue weighted by molar-refractivity contribution is 0.415. The molecule has 0 atom stereocenters. The molecule has 0 N–H and O–H groups in total. The van der Waals surface area contributed by atoms with E-state index in [1.54, 1.807) is 13.2 Å². The van der Waals surface area contributed by atoms with Crippen molar-refractivity contribution in [2.45, 2.75) is 26.1 Å². The van der Waals surface area contributed by atoms with Crippen LogP contribution in [0.3, 0.4) is 0 Å². The second-order valence-electron chi connectivity index (χ2n) is 5.31. The van der Waals surface area contributed by atoms with Crippen LogP contribution in [0, 0.1) is 5.82 Å².